The SMILES string of the molecule is CNc1cc(CC(C)C)nc2c(C)cc(Cl)cc12. The summed E-state index contributed by atoms with van der Waals surface area (Å²) in [6.07, 6.45) is 0.993. The molecule has 0 unspecified atom stereocenters. The number of nitrogens with zero attached hydrogens (tertiary/aromatic N) is 1. The van der Waals surface area contributed by atoms with E-state index in [-0.39, 0.29) is 0 Å². The Morgan fingerprint density at radius 2 is 2.00 bits per heavy atom. The van der Waals surface area contributed by atoms with Gasteiger partial charge in [0.2, 0.25) is 0 Å². The molecule has 1 N–H and O–H groups in total. The molecule has 0 bridgehead atoms. The standard InChI is InChI=1S/C15H19ClN2/c1-9(2)5-12-8-14(17-4)13-7-11(16)6-10(3)15(13)18-12/h6-9H,5H2,1-4H3,(H,17,18). The summed E-state index contributed by atoms with van der Waals surface area (Å²) in [5.74, 6) is 0.604. The molecule has 0 spiro atoms. The summed E-state index contributed by atoms with van der Waals surface area (Å²) in [6.45, 7) is 6.47. The minimum Gasteiger partial charge on any atom is -0.388 e. The Morgan fingerprint density at radius 3 is 2.61 bits per heavy atom. The van der Waals surface area contributed by atoms with E-state index in [1.165, 1.54) is 0 Å². The number of aryl methyl sites for hydroxylation is 1. The lowest BCUT2D eigenvalue weighted by molar-refractivity contribution is 0.637. The van der Waals surface area contributed by atoms with Crippen molar-refractivity contribution in [2.75, 3.05) is 12.4 Å². The van der Waals surface area contributed by atoms with Gasteiger partial charge in [0, 0.05) is 28.8 Å². The third-order valence-electron chi connectivity index (χ3n) is 3.01. The Balaban J connectivity index is 2.67. The van der Waals surface area contributed by atoms with Crippen molar-refractivity contribution in [3.05, 3.63) is 34.5 Å². The van der Waals surface area contributed by atoms with Crippen molar-refractivity contribution in [3.8, 4) is 0 Å². The lowest BCUT2D eigenvalue weighted by Gasteiger charge is -2.12. The number of aromatic nitrogens is 1. The van der Waals surface area contributed by atoms with E-state index in [9.17, 15) is 0 Å². The number of hydrogen-bond donors (Lipinski definition) is 1. The van der Waals surface area contributed by atoms with Gasteiger partial charge in [-0.2, -0.15) is 0 Å². The summed E-state index contributed by atoms with van der Waals surface area (Å²) in [4.78, 5) is 4.77. The highest BCUT2D eigenvalue weighted by Gasteiger charge is 2.09. The van der Waals surface area contributed by atoms with Gasteiger partial charge >= 0.3 is 0 Å². The molecular formula is C15H19ClN2. The Kier molecular flexibility index (Phi) is 3.76. The maximum Gasteiger partial charge on any atom is 0.0756 e. The van der Waals surface area contributed by atoms with Gasteiger partial charge in [0.05, 0.1) is 5.52 Å². The largest absolute Gasteiger partial charge is 0.388 e. The van der Waals surface area contributed by atoms with Crippen LogP contribution in [0.1, 0.15) is 25.1 Å². The number of fused-ring (bicyclic) bond motifs is 1. The van der Waals surface area contributed by atoms with E-state index in [0.29, 0.717) is 5.92 Å². The molecule has 1 aromatic carbocycles. The molecule has 0 saturated heterocycles. The van der Waals surface area contributed by atoms with Gasteiger partial charge in [0.15, 0.2) is 0 Å². The fraction of sp³-hybridized carbons (Fsp3) is 0.400. The van der Waals surface area contributed by atoms with E-state index in [4.69, 9.17) is 16.6 Å². The molecule has 96 valence electrons. The topological polar surface area (TPSA) is 24.9 Å². The van der Waals surface area contributed by atoms with Gasteiger partial charge in [0.25, 0.3) is 0 Å². The van der Waals surface area contributed by atoms with Gasteiger partial charge in [0.1, 0.15) is 0 Å². The molecule has 0 aliphatic rings. The Labute approximate surface area is 113 Å². The van der Waals surface area contributed by atoms with Crippen LogP contribution < -0.4 is 5.32 Å². The second-order valence-corrected chi connectivity index (χ2v) is 5.56. The first-order chi connectivity index (χ1) is 8.51. The fourth-order valence-corrected chi connectivity index (χ4v) is 2.51. The van der Waals surface area contributed by atoms with Crippen LogP contribution in [-0.2, 0) is 6.42 Å². The maximum absolute atomic E-state index is 6.12. The van der Waals surface area contributed by atoms with Crippen molar-refractivity contribution in [1.29, 1.82) is 0 Å². The zero-order chi connectivity index (χ0) is 13.3. The molecule has 0 fully saturated rings. The second-order valence-electron chi connectivity index (χ2n) is 5.13. The number of hydrogen-bond acceptors (Lipinski definition) is 2. The molecule has 0 radical (unpaired) electrons. The van der Waals surface area contributed by atoms with E-state index >= 15 is 0 Å². The highest BCUT2D eigenvalue weighted by molar-refractivity contribution is 6.31. The van der Waals surface area contributed by atoms with E-state index in [1.807, 2.05) is 19.2 Å². The van der Waals surface area contributed by atoms with Gasteiger partial charge in [-0.3, -0.25) is 4.98 Å². The Morgan fingerprint density at radius 1 is 1.28 bits per heavy atom. The molecule has 3 heteroatoms. The van der Waals surface area contributed by atoms with Crippen LogP contribution in [-0.4, -0.2) is 12.0 Å². The van der Waals surface area contributed by atoms with Crippen LogP contribution in [0.15, 0.2) is 18.2 Å². The summed E-state index contributed by atoms with van der Waals surface area (Å²) in [5.41, 5.74) is 4.40. The average Bonchev–Trinajstić information content (AvgIpc) is 2.28. The summed E-state index contributed by atoms with van der Waals surface area (Å²) in [6, 6.07) is 6.06. The van der Waals surface area contributed by atoms with Gasteiger partial charge in [-0.1, -0.05) is 25.4 Å². The zero-order valence-corrected chi connectivity index (χ0v) is 12.1. The van der Waals surface area contributed by atoms with Gasteiger partial charge in [-0.25, -0.2) is 0 Å². The van der Waals surface area contributed by atoms with Crippen LogP contribution in [0.3, 0.4) is 0 Å². The van der Waals surface area contributed by atoms with Crippen LogP contribution in [0.2, 0.25) is 5.02 Å². The second kappa shape index (κ2) is 5.15. The highest BCUT2D eigenvalue weighted by Crippen LogP contribution is 2.29. The summed E-state index contributed by atoms with van der Waals surface area (Å²) in [7, 11) is 1.93. The zero-order valence-electron chi connectivity index (χ0n) is 11.3. The van der Waals surface area contributed by atoms with Crippen molar-refractivity contribution < 1.29 is 0 Å². The van der Waals surface area contributed by atoms with E-state index in [0.717, 1.165) is 39.3 Å². The smallest absolute Gasteiger partial charge is 0.0756 e. The van der Waals surface area contributed by atoms with E-state index < -0.39 is 0 Å². The number of halogens is 1. The lowest BCUT2D eigenvalue weighted by Crippen LogP contribution is -2.01. The average molecular weight is 263 g/mol. The van der Waals surface area contributed by atoms with Crippen molar-refractivity contribution in [2.24, 2.45) is 5.92 Å². The van der Waals surface area contributed by atoms with Crippen LogP contribution in [0.5, 0.6) is 0 Å². The van der Waals surface area contributed by atoms with Crippen molar-refractivity contribution in [2.45, 2.75) is 27.2 Å². The third kappa shape index (κ3) is 2.59. The molecule has 0 saturated carbocycles. The van der Waals surface area contributed by atoms with Crippen LogP contribution in [0.4, 0.5) is 5.69 Å². The molecule has 2 nitrogen and oxygen atoms in total. The first kappa shape index (κ1) is 13.2. The number of benzene rings is 1. The number of anilines is 1. The third-order valence-corrected chi connectivity index (χ3v) is 3.23. The van der Waals surface area contributed by atoms with Crippen LogP contribution in [0, 0.1) is 12.8 Å². The molecule has 0 amide bonds. The molecule has 2 aromatic rings. The van der Waals surface area contributed by atoms with Gasteiger partial charge < -0.3 is 5.32 Å². The van der Waals surface area contributed by atoms with Gasteiger partial charge in [-0.15, -0.1) is 0 Å². The Hall–Kier alpha value is -1.28. The van der Waals surface area contributed by atoms with E-state index in [2.05, 4.69) is 32.2 Å². The van der Waals surface area contributed by atoms with Crippen LogP contribution in [0.25, 0.3) is 10.9 Å². The quantitative estimate of drug-likeness (QED) is 0.885. The molecule has 1 aromatic heterocycles. The summed E-state index contributed by atoms with van der Waals surface area (Å²) >= 11 is 6.12. The first-order valence-electron chi connectivity index (χ1n) is 6.28. The number of rotatable bonds is 3. The molecule has 1 heterocycles. The normalized spacial score (nSPS) is 11.2. The molecule has 2 rings (SSSR count). The van der Waals surface area contributed by atoms with Crippen molar-refractivity contribution in [1.82, 2.24) is 4.98 Å². The molecule has 0 aliphatic carbocycles. The van der Waals surface area contributed by atoms with Crippen molar-refractivity contribution in [3.63, 3.8) is 0 Å². The predicted octanol–water partition coefficient (Wildman–Crippen LogP) is 4.44. The fourth-order valence-electron chi connectivity index (χ4n) is 2.24. The molecule has 0 aliphatic heterocycles. The molecular weight excluding hydrogens is 244 g/mol. The lowest BCUT2D eigenvalue weighted by atomic mass is 10.0. The predicted molar refractivity (Wildman–Crippen MR) is 79.6 cm³/mol. The summed E-state index contributed by atoms with van der Waals surface area (Å²) < 4.78 is 0. The van der Waals surface area contributed by atoms with Crippen molar-refractivity contribution >= 4 is 28.2 Å². The van der Waals surface area contributed by atoms with Gasteiger partial charge in [-0.05, 0) is 43.0 Å². The minimum absolute atomic E-state index is 0.604. The Bertz CT molecular complexity index is 576. The minimum atomic E-state index is 0.604. The molecule has 18 heavy (non-hydrogen) atoms. The monoisotopic (exact) mass is 262 g/mol. The summed E-state index contributed by atoms with van der Waals surface area (Å²) in [5, 5.41) is 5.09. The van der Waals surface area contributed by atoms with E-state index in [1.54, 1.807) is 0 Å². The molecule has 0 atom stereocenters. The van der Waals surface area contributed by atoms with Crippen LogP contribution >= 0.6 is 11.6 Å². The maximum atomic E-state index is 6.12. The number of nitrogens with one attached hydrogen (secondary N) is 1. The first-order valence-corrected chi connectivity index (χ1v) is 6.66. The number of pyridine rings is 1. The highest BCUT2D eigenvalue weighted by atomic mass is 35.5.